The van der Waals surface area contributed by atoms with Crippen molar-refractivity contribution in [2.75, 3.05) is 0 Å². The molecule has 13 heavy (non-hydrogen) atoms. The number of phenolic OH excluding ortho intramolecular Hbond substituents is 1. The highest BCUT2D eigenvalue weighted by Gasteiger charge is 2.12. The Morgan fingerprint density at radius 1 is 1.46 bits per heavy atom. The normalized spacial score (nSPS) is 12.5. The van der Waals surface area contributed by atoms with Gasteiger partial charge in [-0.15, -0.1) is 0 Å². The second kappa shape index (κ2) is 4.05. The maximum absolute atomic E-state index is 10.9. The summed E-state index contributed by atoms with van der Waals surface area (Å²) in [5.41, 5.74) is 4.76. The molecule has 0 spiro atoms. The molecule has 3 heteroatoms. The molecule has 0 fully saturated rings. The summed E-state index contributed by atoms with van der Waals surface area (Å²) < 4.78 is 0. The van der Waals surface area contributed by atoms with E-state index in [-0.39, 0.29) is 17.6 Å². The molecule has 1 aromatic carbocycles. The van der Waals surface area contributed by atoms with E-state index < -0.39 is 0 Å². The van der Waals surface area contributed by atoms with Gasteiger partial charge < -0.3 is 10.8 Å². The van der Waals surface area contributed by atoms with Crippen LogP contribution in [0.3, 0.4) is 0 Å². The lowest BCUT2D eigenvalue weighted by molar-refractivity contribution is -0.402. The number of ketones is 1. The Labute approximate surface area is 77.2 Å². The molecule has 70 valence electrons. The fourth-order valence-electron chi connectivity index (χ4n) is 1.06. The second-order valence-corrected chi connectivity index (χ2v) is 3.18. The van der Waals surface area contributed by atoms with Crippen LogP contribution < -0.4 is 5.73 Å². The van der Waals surface area contributed by atoms with Crippen molar-refractivity contribution in [1.82, 2.24) is 0 Å². The summed E-state index contributed by atoms with van der Waals surface area (Å²) in [6, 6.07) is 6.64. The molecular weight excluding hydrogens is 166 g/mol. The van der Waals surface area contributed by atoms with Crippen LogP contribution in [0.15, 0.2) is 24.3 Å². The first-order valence-electron chi connectivity index (χ1n) is 4.21. The molecular formula is C10H14NO2+. The molecule has 1 aromatic rings. The molecule has 3 nitrogen and oxygen atoms in total. The molecule has 0 heterocycles. The number of carbonyl (C=O) groups is 1. The van der Waals surface area contributed by atoms with Crippen molar-refractivity contribution in [3.63, 3.8) is 0 Å². The van der Waals surface area contributed by atoms with Gasteiger partial charge in [-0.3, -0.25) is 4.79 Å². The van der Waals surface area contributed by atoms with Gasteiger partial charge in [0.2, 0.25) is 0 Å². The lowest BCUT2D eigenvalue weighted by Gasteiger charge is -2.04. The number of carbonyl (C=O) groups excluding carboxylic acids is 1. The van der Waals surface area contributed by atoms with E-state index in [4.69, 9.17) is 5.11 Å². The van der Waals surface area contributed by atoms with Crippen molar-refractivity contribution in [2.24, 2.45) is 0 Å². The lowest BCUT2D eigenvalue weighted by Crippen LogP contribution is -2.65. The quantitative estimate of drug-likeness (QED) is 0.694. The van der Waals surface area contributed by atoms with Crippen molar-refractivity contribution in [1.29, 1.82) is 0 Å². The van der Waals surface area contributed by atoms with Gasteiger partial charge in [-0.05, 0) is 17.7 Å². The Hall–Kier alpha value is -1.35. The molecule has 0 saturated heterocycles. The highest BCUT2D eigenvalue weighted by Crippen LogP contribution is 2.10. The van der Waals surface area contributed by atoms with Gasteiger partial charge in [0.1, 0.15) is 11.8 Å². The summed E-state index contributed by atoms with van der Waals surface area (Å²) in [5, 5.41) is 9.02. The maximum Gasteiger partial charge on any atom is 0.187 e. The molecule has 0 aliphatic rings. The van der Waals surface area contributed by atoms with Gasteiger partial charge in [0.15, 0.2) is 5.78 Å². The van der Waals surface area contributed by atoms with Crippen LogP contribution >= 0.6 is 0 Å². The summed E-state index contributed by atoms with van der Waals surface area (Å²) >= 11 is 0. The zero-order valence-electron chi connectivity index (χ0n) is 7.66. The van der Waals surface area contributed by atoms with Crippen LogP contribution in [0.25, 0.3) is 0 Å². The SMILES string of the molecule is CC(=O)C([NH3+])Cc1ccc(O)cc1. The third-order valence-corrected chi connectivity index (χ3v) is 1.99. The highest BCUT2D eigenvalue weighted by molar-refractivity contribution is 5.80. The number of quaternary nitrogens is 1. The third-order valence-electron chi connectivity index (χ3n) is 1.99. The first kappa shape index (κ1) is 9.74. The van der Waals surface area contributed by atoms with Gasteiger partial charge in [-0.1, -0.05) is 12.1 Å². The van der Waals surface area contributed by atoms with Crippen molar-refractivity contribution >= 4 is 5.78 Å². The first-order valence-corrected chi connectivity index (χ1v) is 4.21. The zero-order valence-corrected chi connectivity index (χ0v) is 7.66. The number of Topliss-reactive ketones (excluding diaryl/α,β-unsaturated/α-hetero) is 1. The Morgan fingerprint density at radius 2 is 2.00 bits per heavy atom. The van der Waals surface area contributed by atoms with Gasteiger partial charge in [0.05, 0.1) is 0 Å². The maximum atomic E-state index is 10.9. The smallest absolute Gasteiger partial charge is 0.187 e. The van der Waals surface area contributed by atoms with Crippen molar-refractivity contribution < 1.29 is 15.6 Å². The largest absolute Gasteiger partial charge is 0.508 e. The van der Waals surface area contributed by atoms with Gasteiger partial charge in [0, 0.05) is 13.3 Å². The minimum absolute atomic E-state index is 0.0908. The third kappa shape index (κ3) is 2.87. The van der Waals surface area contributed by atoms with Crippen molar-refractivity contribution in [2.45, 2.75) is 19.4 Å². The van der Waals surface area contributed by atoms with Crippen molar-refractivity contribution in [3.05, 3.63) is 29.8 Å². The summed E-state index contributed by atoms with van der Waals surface area (Å²) in [6.07, 6.45) is 0.635. The molecule has 4 N–H and O–H groups in total. The van der Waals surface area contributed by atoms with Gasteiger partial charge in [-0.2, -0.15) is 0 Å². The zero-order chi connectivity index (χ0) is 9.84. The minimum Gasteiger partial charge on any atom is -0.508 e. The Balaban J connectivity index is 2.64. The molecule has 0 aliphatic heterocycles. The minimum atomic E-state index is -0.190. The van der Waals surface area contributed by atoms with E-state index in [9.17, 15) is 4.79 Å². The van der Waals surface area contributed by atoms with Gasteiger partial charge in [-0.25, -0.2) is 0 Å². The molecule has 0 aromatic heterocycles. The Bertz CT molecular complexity index is 292. The monoisotopic (exact) mass is 180 g/mol. The average Bonchev–Trinajstić information content (AvgIpc) is 2.08. The van der Waals surface area contributed by atoms with E-state index in [0.717, 1.165) is 5.56 Å². The van der Waals surface area contributed by atoms with E-state index in [1.165, 1.54) is 6.92 Å². The summed E-state index contributed by atoms with van der Waals surface area (Å²) in [7, 11) is 0. The van der Waals surface area contributed by atoms with Crippen LogP contribution in [-0.4, -0.2) is 16.9 Å². The van der Waals surface area contributed by atoms with Crippen LogP contribution in [0, 0.1) is 0 Å². The topological polar surface area (TPSA) is 64.9 Å². The number of aromatic hydroxyl groups is 1. The number of rotatable bonds is 3. The number of hydrogen-bond donors (Lipinski definition) is 2. The second-order valence-electron chi connectivity index (χ2n) is 3.18. The van der Waals surface area contributed by atoms with Gasteiger partial charge >= 0.3 is 0 Å². The molecule has 1 unspecified atom stereocenters. The van der Waals surface area contributed by atoms with E-state index in [1.54, 1.807) is 24.3 Å². The number of hydrogen-bond acceptors (Lipinski definition) is 2. The summed E-state index contributed by atoms with van der Waals surface area (Å²) in [6.45, 7) is 1.54. The standard InChI is InChI=1S/C10H13NO2/c1-7(12)10(11)6-8-2-4-9(13)5-3-8/h2-5,10,13H,6,11H2,1H3/p+1. The molecule has 1 rings (SSSR count). The van der Waals surface area contributed by atoms with Crippen molar-refractivity contribution in [3.8, 4) is 5.75 Å². The Morgan fingerprint density at radius 3 is 2.46 bits per heavy atom. The number of benzene rings is 1. The van der Waals surface area contributed by atoms with Crippen LogP contribution in [-0.2, 0) is 11.2 Å². The van der Waals surface area contributed by atoms with Crippen LogP contribution in [0.4, 0.5) is 0 Å². The predicted molar refractivity (Wildman–Crippen MR) is 49.2 cm³/mol. The molecule has 0 saturated carbocycles. The molecule has 0 aliphatic carbocycles. The highest BCUT2D eigenvalue weighted by atomic mass is 16.3. The fourth-order valence-corrected chi connectivity index (χ4v) is 1.06. The van der Waals surface area contributed by atoms with E-state index >= 15 is 0 Å². The molecule has 0 amide bonds. The summed E-state index contributed by atoms with van der Waals surface area (Å²) in [5.74, 6) is 0.334. The molecule has 0 radical (unpaired) electrons. The predicted octanol–water partition coefficient (Wildman–Crippen LogP) is 0.134. The van der Waals surface area contributed by atoms with Crippen LogP contribution in [0.1, 0.15) is 12.5 Å². The van der Waals surface area contributed by atoms with Crippen LogP contribution in [0.2, 0.25) is 0 Å². The lowest BCUT2D eigenvalue weighted by atomic mass is 10.0. The van der Waals surface area contributed by atoms with E-state index in [0.29, 0.717) is 6.42 Å². The summed E-state index contributed by atoms with van der Waals surface area (Å²) in [4.78, 5) is 10.9. The fraction of sp³-hybridized carbons (Fsp3) is 0.300. The molecule has 0 bridgehead atoms. The Kier molecular flexibility index (Phi) is 3.03. The van der Waals surface area contributed by atoms with Crippen LogP contribution in [0.5, 0.6) is 5.75 Å². The number of phenols is 1. The molecule has 1 atom stereocenters. The average molecular weight is 180 g/mol. The van der Waals surface area contributed by atoms with Gasteiger partial charge in [0.25, 0.3) is 0 Å². The first-order chi connectivity index (χ1) is 6.09. The van der Waals surface area contributed by atoms with E-state index in [1.807, 2.05) is 0 Å². The van der Waals surface area contributed by atoms with E-state index in [2.05, 4.69) is 5.73 Å².